The van der Waals surface area contributed by atoms with Gasteiger partial charge in [0.25, 0.3) is 5.91 Å². The van der Waals surface area contributed by atoms with Crippen LogP contribution in [0.3, 0.4) is 0 Å². The Morgan fingerprint density at radius 3 is 1.84 bits per heavy atom. The number of anilines is 4. The van der Waals surface area contributed by atoms with Crippen LogP contribution in [-0.2, 0) is 9.47 Å². The van der Waals surface area contributed by atoms with Crippen molar-refractivity contribution in [3.8, 4) is 11.4 Å². The molecular weight excluding hydrogens is 574 g/mol. The second-order valence-corrected chi connectivity index (χ2v) is 11.4. The van der Waals surface area contributed by atoms with Gasteiger partial charge in [-0.15, -0.1) is 0 Å². The lowest BCUT2D eigenvalue weighted by molar-refractivity contribution is 0.0663. The van der Waals surface area contributed by atoms with E-state index in [1.165, 1.54) is 0 Å². The summed E-state index contributed by atoms with van der Waals surface area (Å²) < 4.78 is 45.0. The van der Waals surface area contributed by atoms with E-state index in [0.29, 0.717) is 101 Å². The molecule has 2 N–H and O–H groups in total. The fourth-order valence-electron chi connectivity index (χ4n) is 5.50. The Hall–Kier alpha value is -4.33. The molecule has 4 heterocycles. The van der Waals surface area contributed by atoms with Crippen LogP contribution in [0.4, 0.5) is 28.1 Å². The third kappa shape index (κ3) is 7.67. The van der Waals surface area contributed by atoms with Gasteiger partial charge in [0.15, 0.2) is 5.82 Å². The van der Waals surface area contributed by atoms with Crippen molar-refractivity contribution in [1.82, 2.24) is 24.8 Å². The van der Waals surface area contributed by atoms with E-state index in [2.05, 4.69) is 25.3 Å². The number of morpholine rings is 2. The molecule has 1 aromatic heterocycles. The molecule has 6 rings (SSSR count). The van der Waals surface area contributed by atoms with Gasteiger partial charge in [-0.05, 0) is 75.4 Å². The van der Waals surface area contributed by atoms with E-state index in [1.807, 2.05) is 14.1 Å². The maximum atomic E-state index is 13.3. The highest BCUT2D eigenvalue weighted by atomic mass is 16.5. The summed E-state index contributed by atoms with van der Waals surface area (Å²) in [4.78, 5) is 48.4. The number of hydrogen-bond donors (Lipinski definition) is 2. The van der Waals surface area contributed by atoms with Gasteiger partial charge >= 0.3 is 6.03 Å². The topological polar surface area (TPSA) is 128 Å². The van der Waals surface area contributed by atoms with E-state index in [-0.39, 0.29) is 11.3 Å². The Morgan fingerprint density at radius 1 is 0.778 bits per heavy atom. The SMILES string of the molecule is [2H]c1c([2H])c(C(=O)N2CCC(N(C)C)CC2)c([2H])c([2H])c1NC(=O)Nc1ccc(-c2nc(N3CCOCC3)nc(N3CCOCC3)n2)cc1. The molecule has 3 amide bonds. The number of ether oxygens (including phenoxy) is 2. The zero-order valence-electron chi connectivity index (χ0n) is 29.6. The summed E-state index contributed by atoms with van der Waals surface area (Å²) in [6.45, 7) is 5.94. The molecule has 13 heteroatoms. The Morgan fingerprint density at radius 2 is 1.31 bits per heavy atom. The van der Waals surface area contributed by atoms with Crippen LogP contribution in [0.5, 0.6) is 0 Å². The summed E-state index contributed by atoms with van der Waals surface area (Å²) in [5.74, 6) is 1.07. The fraction of sp³-hybridized carbons (Fsp3) is 0.469. The molecule has 3 aliphatic heterocycles. The average molecular weight is 620 g/mol. The summed E-state index contributed by atoms with van der Waals surface area (Å²) in [6.07, 6.45) is 1.50. The van der Waals surface area contributed by atoms with Gasteiger partial charge in [0.1, 0.15) is 0 Å². The van der Waals surface area contributed by atoms with E-state index >= 15 is 0 Å². The van der Waals surface area contributed by atoms with Crippen LogP contribution in [-0.4, -0.2) is 123 Å². The molecule has 3 saturated heterocycles. The Kier molecular flexibility index (Phi) is 8.18. The lowest BCUT2D eigenvalue weighted by Crippen LogP contribution is -2.44. The van der Waals surface area contributed by atoms with Crippen LogP contribution < -0.4 is 20.4 Å². The normalized spacial score (nSPS) is 19.0. The van der Waals surface area contributed by atoms with Crippen molar-refractivity contribution in [3.05, 3.63) is 54.0 Å². The minimum Gasteiger partial charge on any atom is -0.378 e. The smallest absolute Gasteiger partial charge is 0.323 e. The van der Waals surface area contributed by atoms with Crippen LogP contribution >= 0.6 is 0 Å². The highest BCUT2D eigenvalue weighted by Crippen LogP contribution is 2.24. The van der Waals surface area contributed by atoms with Gasteiger partial charge in [-0.1, -0.05) is 0 Å². The maximum Gasteiger partial charge on any atom is 0.323 e. The third-order valence-electron chi connectivity index (χ3n) is 8.16. The molecule has 0 radical (unpaired) electrons. The van der Waals surface area contributed by atoms with E-state index in [0.717, 1.165) is 12.8 Å². The minimum absolute atomic E-state index is 0.299. The quantitative estimate of drug-likeness (QED) is 0.407. The molecule has 3 aliphatic rings. The summed E-state index contributed by atoms with van der Waals surface area (Å²) in [6, 6.07) is 4.48. The molecule has 0 bridgehead atoms. The van der Waals surface area contributed by atoms with E-state index < -0.39 is 36.1 Å². The van der Waals surface area contributed by atoms with Crippen molar-refractivity contribution >= 4 is 35.2 Å². The largest absolute Gasteiger partial charge is 0.378 e. The van der Waals surface area contributed by atoms with Gasteiger partial charge < -0.3 is 39.7 Å². The van der Waals surface area contributed by atoms with Crippen molar-refractivity contribution in [2.45, 2.75) is 18.9 Å². The van der Waals surface area contributed by atoms with Gasteiger partial charge in [-0.25, -0.2) is 4.79 Å². The molecular formula is C32H41N9O4. The molecule has 45 heavy (non-hydrogen) atoms. The van der Waals surface area contributed by atoms with E-state index in [1.54, 1.807) is 29.2 Å². The molecule has 0 saturated carbocycles. The molecule has 3 fully saturated rings. The van der Waals surface area contributed by atoms with E-state index in [4.69, 9.17) is 29.9 Å². The van der Waals surface area contributed by atoms with Crippen LogP contribution in [0.1, 0.15) is 28.7 Å². The Labute approximate surface area is 269 Å². The first-order valence-corrected chi connectivity index (χ1v) is 15.3. The lowest BCUT2D eigenvalue weighted by atomic mass is 10.0. The monoisotopic (exact) mass is 619 g/mol. The minimum atomic E-state index is -0.761. The number of rotatable bonds is 7. The molecule has 238 valence electrons. The number of carbonyl (C=O) groups excluding carboxylic acids is 2. The van der Waals surface area contributed by atoms with Gasteiger partial charge in [0, 0.05) is 67.8 Å². The second kappa shape index (κ2) is 14.2. The highest BCUT2D eigenvalue weighted by Gasteiger charge is 2.25. The van der Waals surface area contributed by atoms with Gasteiger partial charge in [-0.2, -0.15) is 15.0 Å². The van der Waals surface area contributed by atoms with Gasteiger partial charge in [-0.3, -0.25) is 4.79 Å². The summed E-state index contributed by atoms with van der Waals surface area (Å²) in [5, 5.41) is 5.12. The third-order valence-corrected chi connectivity index (χ3v) is 8.16. The van der Waals surface area contributed by atoms with Crippen LogP contribution in [0.25, 0.3) is 11.4 Å². The number of benzene rings is 2. The van der Waals surface area contributed by atoms with Gasteiger partial charge in [0.2, 0.25) is 11.9 Å². The number of nitrogens with one attached hydrogen (secondary N) is 2. The predicted octanol–water partition coefficient (Wildman–Crippen LogP) is 3.02. The molecule has 0 atom stereocenters. The molecule has 13 nitrogen and oxygen atoms in total. The number of nitrogens with zero attached hydrogens (tertiary/aromatic N) is 7. The van der Waals surface area contributed by atoms with Crippen LogP contribution in [0, 0.1) is 0 Å². The number of likely N-dealkylation sites (tertiary alicyclic amines) is 1. The zero-order chi connectivity index (χ0) is 34.7. The molecule has 3 aromatic rings. The van der Waals surface area contributed by atoms with Crippen molar-refractivity contribution in [3.63, 3.8) is 0 Å². The van der Waals surface area contributed by atoms with Crippen LogP contribution in [0.2, 0.25) is 0 Å². The molecule has 0 aliphatic carbocycles. The highest BCUT2D eigenvalue weighted by molar-refractivity contribution is 6.00. The zero-order valence-corrected chi connectivity index (χ0v) is 25.6. The molecule has 0 spiro atoms. The number of piperidine rings is 1. The average Bonchev–Trinajstić information content (AvgIpc) is 3.13. The van der Waals surface area contributed by atoms with Gasteiger partial charge in [0.05, 0.1) is 31.9 Å². The van der Waals surface area contributed by atoms with E-state index in [9.17, 15) is 9.59 Å². The standard InChI is InChI=1S/C32H41N9O4/c1-38(2)27-11-13-39(14-12-27)29(42)24-5-9-26(10-6-24)34-32(43)33-25-7-3-23(4-8-25)28-35-30(40-15-19-44-20-16-40)37-31(36-28)41-17-21-45-22-18-41/h3-10,27H,11-22H2,1-2H3,(H2,33,34,43)/i5D,6D,9D,10D. The predicted molar refractivity (Wildman–Crippen MR) is 173 cm³/mol. The number of amides is 3. The maximum absolute atomic E-state index is 13.3. The Balaban J connectivity index is 1.16. The first-order valence-electron chi connectivity index (χ1n) is 17.3. The number of carbonyl (C=O) groups is 2. The fourth-order valence-corrected chi connectivity index (χ4v) is 5.50. The summed E-state index contributed by atoms with van der Waals surface area (Å²) in [7, 11) is 3.98. The van der Waals surface area contributed by atoms with Crippen molar-refractivity contribution < 1.29 is 24.5 Å². The number of urea groups is 1. The number of hydrogen-bond acceptors (Lipinski definition) is 10. The Bertz CT molecular complexity index is 1610. The van der Waals surface area contributed by atoms with Crippen molar-refractivity contribution in [1.29, 1.82) is 0 Å². The first kappa shape index (κ1) is 25.9. The van der Waals surface area contributed by atoms with Crippen molar-refractivity contribution in [2.75, 3.05) is 100 Å². The molecule has 2 aromatic carbocycles. The number of aromatic nitrogens is 3. The van der Waals surface area contributed by atoms with Crippen molar-refractivity contribution in [2.24, 2.45) is 0 Å². The summed E-state index contributed by atoms with van der Waals surface area (Å²) >= 11 is 0. The second-order valence-electron chi connectivity index (χ2n) is 11.4. The lowest BCUT2D eigenvalue weighted by Gasteiger charge is -2.35. The summed E-state index contributed by atoms with van der Waals surface area (Å²) in [5.41, 5.74) is 0.513. The van der Waals surface area contributed by atoms with Crippen LogP contribution in [0.15, 0.2) is 48.4 Å². The first-order chi connectivity index (χ1) is 23.6. The molecule has 0 unspecified atom stereocenters.